The maximum Gasteiger partial charge on any atom is 0.131 e. The van der Waals surface area contributed by atoms with Gasteiger partial charge in [-0.2, -0.15) is 0 Å². The Bertz CT molecular complexity index is 623. The van der Waals surface area contributed by atoms with Crippen molar-refractivity contribution >= 4 is 0 Å². The Hall–Kier alpha value is -1.87. The Morgan fingerprint density at radius 3 is 2.48 bits per heavy atom. The molecule has 21 heavy (non-hydrogen) atoms. The number of ether oxygens (including phenoxy) is 1. The Labute approximate surface area is 126 Å². The zero-order chi connectivity index (χ0) is 15.4. The van der Waals surface area contributed by atoms with E-state index in [0.29, 0.717) is 23.9 Å². The molecule has 0 aromatic heterocycles. The highest BCUT2D eigenvalue weighted by atomic mass is 19.1. The van der Waals surface area contributed by atoms with Gasteiger partial charge in [0.2, 0.25) is 0 Å². The monoisotopic (exact) mass is 287 g/mol. The number of methoxy groups -OCH3 is 1. The SMILES string of the molecule is COc1ccc(C)cc1-c1ccc(CNC(C)C)cc1F. The predicted octanol–water partition coefficient (Wildman–Crippen LogP) is 4.31. The number of rotatable bonds is 5. The zero-order valence-corrected chi connectivity index (χ0v) is 13.0. The summed E-state index contributed by atoms with van der Waals surface area (Å²) in [6, 6.07) is 11.5. The van der Waals surface area contributed by atoms with Gasteiger partial charge in [-0.15, -0.1) is 0 Å². The van der Waals surface area contributed by atoms with Crippen molar-refractivity contribution in [2.45, 2.75) is 33.4 Å². The molecular weight excluding hydrogens is 265 g/mol. The van der Waals surface area contributed by atoms with E-state index in [-0.39, 0.29) is 5.82 Å². The Kier molecular flexibility index (Phi) is 4.97. The minimum Gasteiger partial charge on any atom is -0.496 e. The summed E-state index contributed by atoms with van der Waals surface area (Å²) in [5.74, 6) is 0.467. The van der Waals surface area contributed by atoms with Gasteiger partial charge in [-0.05, 0) is 30.7 Å². The van der Waals surface area contributed by atoms with Crippen LogP contribution in [0.2, 0.25) is 0 Å². The van der Waals surface area contributed by atoms with Gasteiger partial charge < -0.3 is 10.1 Å². The van der Waals surface area contributed by atoms with Crippen molar-refractivity contribution in [3.8, 4) is 16.9 Å². The molecule has 0 bridgehead atoms. The van der Waals surface area contributed by atoms with E-state index in [2.05, 4.69) is 19.2 Å². The van der Waals surface area contributed by atoms with E-state index >= 15 is 0 Å². The summed E-state index contributed by atoms with van der Waals surface area (Å²) < 4.78 is 19.8. The molecule has 3 heteroatoms. The normalized spacial score (nSPS) is 11.0. The van der Waals surface area contributed by atoms with Gasteiger partial charge in [0.15, 0.2) is 0 Å². The number of hydrogen-bond acceptors (Lipinski definition) is 2. The van der Waals surface area contributed by atoms with Crippen molar-refractivity contribution in [1.82, 2.24) is 5.32 Å². The van der Waals surface area contributed by atoms with Crippen LogP contribution in [0.1, 0.15) is 25.0 Å². The van der Waals surface area contributed by atoms with Crippen LogP contribution in [-0.2, 0) is 6.54 Å². The summed E-state index contributed by atoms with van der Waals surface area (Å²) in [6.07, 6.45) is 0. The third-order valence-electron chi connectivity index (χ3n) is 3.39. The molecule has 0 saturated carbocycles. The molecule has 0 aliphatic heterocycles. The van der Waals surface area contributed by atoms with Crippen molar-refractivity contribution in [3.63, 3.8) is 0 Å². The van der Waals surface area contributed by atoms with E-state index in [9.17, 15) is 4.39 Å². The zero-order valence-electron chi connectivity index (χ0n) is 13.0. The molecule has 0 aliphatic carbocycles. The number of halogens is 1. The summed E-state index contributed by atoms with van der Waals surface area (Å²) in [4.78, 5) is 0. The first-order valence-corrected chi connectivity index (χ1v) is 7.18. The fourth-order valence-corrected chi connectivity index (χ4v) is 2.24. The molecule has 0 fully saturated rings. The van der Waals surface area contributed by atoms with Gasteiger partial charge in [-0.25, -0.2) is 4.39 Å². The third-order valence-corrected chi connectivity index (χ3v) is 3.39. The lowest BCUT2D eigenvalue weighted by atomic mass is 10.00. The average Bonchev–Trinajstić information content (AvgIpc) is 2.45. The predicted molar refractivity (Wildman–Crippen MR) is 85.1 cm³/mol. The van der Waals surface area contributed by atoms with Crippen molar-refractivity contribution in [2.75, 3.05) is 7.11 Å². The van der Waals surface area contributed by atoms with E-state index in [1.54, 1.807) is 13.2 Å². The van der Waals surface area contributed by atoms with E-state index in [0.717, 1.165) is 16.7 Å². The maximum atomic E-state index is 14.4. The van der Waals surface area contributed by atoms with Crippen LogP contribution >= 0.6 is 0 Å². The maximum absolute atomic E-state index is 14.4. The van der Waals surface area contributed by atoms with Crippen LogP contribution < -0.4 is 10.1 Å². The van der Waals surface area contributed by atoms with Gasteiger partial charge in [0.25, 0.3) is 0 Å². The summed E-state index contributed by atoms with van der Waals surface area (Å²) in [5.41, 5.74) is 3.38. The lowest BCUT2D eigenvalue weighted by Gasteiger charge is -2.13. The van der Waals surface area contributed by atoms with Crippen LogP contribution in [0.3, 0.4) is 0 Å². The Morgan fingerprint density at radius 1 is 1.10 bits per heavy atom. The molecule has 0 spiro atoms. The Balaban J connectivity index is 2.35. The van der Waals surface area contributed by atoms with E-state index < -0.39 is 0 Å². The highest BCUT2D eigenvalue weighted by Gasteiger charge is 2.11. The molecular formula is C18H22FNO. The average molecular weight is 287 g/mol. The van der Waals surface area contributed by atoms with Crippen LogP contribution in [0, 0.1) is 12.7 Å². The van der Waals surface area contributed by atoms with E-state index in [1.165, 1.54) is 0 Å². The van der Waals surface area contributed by atoms with Crippen LogP contribution in [-0.4, -0.2) is 13.2 Å². The first-order chi connectivity index (χ1) is 10.0. The van der Waals surface area contributed by atoms with Gasteiger partial charge >= 0.3 is 0 Å². The molecule has 2 aromatic rings. The minimum absolute atomic E-state index is 0.220. The summed E-state index contributed by atoms with van der Waals surface area (Å²) >= 11 is 0. The molecule has 0 heterocycles. The lowest BCUT2D eigenvalue weighted by Crippen LogP contribution is -2.21. The van der Waals surface area contributed by atoms with Gasteiger partial charge in [-0.3, -0.25) is 0 Å². The third kappa shape index (κ3) is 3.82. The van der Waals surface area contributed by atoms with E-state index in [1.807, 2.05) is 37.3 Å². The standard InChI is InChI=1S/C18H22FNO/c1-12(2)20-11-14-6-7-15(17(19)10-14)16-9-13(3)5-8-18(16)21-4/h5-10,12,20H,11H2,1-4H3. The largest absolute Gasteiger partial charge is 0.496 e. The molecule has 112 valence electrons. The van der Waals surface area contributed by atoms with Gasteiger partial charge in [0, 0.05) is 23.7 Å². The summed E-state index contributed by atoms with van der Waals surface area (Å²) in [7, 11) is 1.60. The fourth-order valence-electron chi connectivity index (χ4n) is 2.24. The quantitative estimate of drug-likeness (QED) is 0.885. The minimum atomic E-state index is -0.220. The highest BCUT2D eigenvalue weighted by molar-refractivity contribution is 5.72. The molecule has 2 nitrogen and oxygen atoms in total. The molecule has 0 unspecified atom stereocenters. The fraction of sp³-hybridized carbons (Fsp3) is 0.333. The second kappa shape index (κ2) is 6.72. The number of benzene rings is 2. The van der Waals surface area contributed by atoms with Gasteiger partial charge in [0.1, 0.15) is 11.6 Å². The first kappa shape index (κ1) is 15.5. The molecule has 2 aromatic carbocycles. The van der Waals surface area contributed by atoms with Crippen molar-refractivity contribution in [2.24, 2.45) is 0 Å². The van der Waals surface area contributed by atoms with Gasteiger partial charge in [0.05, 0.1) is 7.11 Å². The molecule has 2 rings (SSSR count). The number of hydrogen-bond donors (Lipinski definition) is 1. The lowest BCUT2D eigenvalue weighted by molar-refractivity contribution is 0.416. The van der Waals surface area contributed by atoms with E-state index in [4.69, 9.17) is 4.74 Å². The molecule has 0 saturated heterocycles. The van der Waals surface area contributed by atoms with Crippen molar-refractivity contribution in [3.05, 3.63) is 53.3 Å². The molecule has 1 N–H and O–H groups in total. The van der Waals surface area contributed by atoms with Crippen LogP contribution in [0.5, 0.6) is 5.75 Å². The smallest absolute Gasteiger partial charge is 0.131 e. The van der Waals surface area contributed by atoms with Crippen molar-refractivity contribution < 1.29 is 9.13 Å². The topological polar surface area (TPSA) is 21.3 Å². The first-order valence-electron chi connectivity index (χ1n) is 7.18. The molecule has 0 radical (unpaired) electrons. The van der Waals surface area contributed by atoms with Crippen LogP contribution in [0.25, 0.3) is 11.1 Å². The van der Waals surface area contributed by atoms with Crippen LogP contribution in [0.15, 0.2) is 36.4 Å². The van der Waals surface area contributed by atoms with Crippen LogP contribution in [0.4, 0.5) is 4.39 Å². The second-order valence-corrected chi connectivity index (χ2v) is 5.55. The molecule has 0 atom stereocenters. The molecule has 0 amide bonds. The highest BCUT2D eigenvalue weighted by Crippen LogP contribution is 2.33. The second-order valence-electron chi connectivity index (χ2n) is 5.55. The number of aryl methyl sites for hydroxylation is 1. The Morgan fingerprint density at radius 2 is 1.86 bits per heavy atom. The summed E-state index contributed by atoms with van der Waals surface area (Å²) in [5, 5.41) is 3.29. The molecule has 0 aliphatic rings. The van der Waals surface area contributed by atoms with Gasteiger partial charge in [-0.1, -0.05) is 37.6 Å². The number of nitrogens with one attached hydrogen (secondary N) is 1. The van der Waals surface area contributed by atoms with Crippen molar-refractivity contribution in [1.29, 1.82) is 0 Å². The summed E-state index contributed by atoms with van der Waals surface area (Å²) in [6.45, 7) is 6.80.